The van der Waals surface area contributed by atoms with Crippen molar-refractivity contribution in [3.63, 3.8) is 0 Å². The minimum atomic E-state index is -5.75. The van der Waals surface area contributed by atoms with Crippen molar-refractivity contribution in [2.45, 2.75) is 153 Å². The number of phosphoric acid groups is 1. The zero-order valence-electron chi connectivity index (χ0n) is 34.5. The molecule has 2 aromatic rings. The van der Waals surface area contributed by atoms with Gasteiger partial charge in [-0.1, -0.05) is 58.3 Å². The number of hydrogen-bond acceptors (Lipinski definition) is 21. The predicted octanol–water partition coefficient (Wildman–Crippen LogP) is 2.72. The molecule has 350 valence electrons. The highest BCUT2D eigenvalue weighted by Crippen LogP contribution is 2.62. The summed E-state index contributed by atoms with van der Waals surface area (Å²) in [4.78, 5) is 82.8. The first-order valence-corrected chi connectivity index (χ1v) is 23.9. The number of aromatic nitrogens is 4. The topological polar surface area (TPSA) is 319 Å². The molecule has 0 bridgehead atoms. The predicted molar refractivity (Wildman–Crippen MR) is 213 cm³/mol. The summed E-state index contributed by atoms with van der Waals surface area (Å²) in [6.07, 6.45) is -7.67. The van der Waals surface area contributed by atoms with E-state index in [0.29, 0.717) is 6.42 Å². The molecule has 0 aromatic carbocycles. The molecule has 0 radical (unpaired) electrons. The number of alkyl halides is 1. The number of carbonyl (C=O) groups excluding carboxylic acids is 4. The molecule has 4 rings (SSSR count). The highest BCUT2D eigenvalue weighted by Gasteiger charge is 2.57. The number of hydrogen-bond donors (Lipinski definition) is 5. The Bertz CT molecular complexity index is 1930. The Labute approximate surface area is 360 Å². The molecular formula is C35H54FN5O18P2S. The Balaban J connectivity index is 1.44. The van der Waals surface area contributed by atoms with Crippen molar-refractivity contribution >= 4 is 67.2 Å². The van der Waals surface area contributed by atoms with Crippen molar-refractivity contribution in [2.75, 3.05) is 18.9 Å². The van der Waals surface area contributed by atoms with Crippen LogP contribution in [0.3, 0.4) is 0 Å². The second kappa shape index (κ2) is 23.6. The van der Waals surface area contributed by atoms with Crippen LogP contribution in [0.25, 0.3) is 11.2 Å². The molecule has 6 N–H and O–H groups in total. The van der Waals surface area contributed by atoms with Gasteiger partial charge >= 0.3 is 38.4 Å². The molecule has 0 amide bonds. The maximum atomic E-state index is 16.1. The smallest absolute Gasteiger partial charge is 0.462 e. The van der Waals surface area contributed by atoms with Crippen LogP contribution in [0.15, 0.2) is 12.7 Å². The van der Waals surface area contributed by atoms with Crippen molar-refractivity contribution in [1.29, 1.82) is 0 Å². The number of phosphoric ester groups is 1. The summed E-state index contributed by atoms with van der Waals surface area (Å²) < 4.78 is 77.8. The van der Waals surface area contributed by atoms with Crippen LogP contribution in [0, 0.1) is 0 Å². The molecule has 12 atom stereocenters. The number of imidazole rings is 1. The molecule has 2 aromatic heterocycles. The highest BCUT2D eigenvalue weighted by atomic mass is 32.5. The number of nitrogen functional groups attached to an aromatic ring is 1. The Hall–Kier alpha value is -3.32. The lowest BCUT2D eigenvalue weighted by Gasteiger charge is -2.45. The molecule has 23 nitrogen and oxygen atoms in total. The third kappa shape index (κ3) is 14.9. The SMILES string of the molecule is CCCCCCCCCCCC(=O)OC[C@H](F)[C@H]1O[C@@H](OP(=O)(O)OP(O)(=S)OC[C@H]2O[C@@H](n3cnc4c(N)ncnc43)[C@H](O)[C@@H]2O)[C@@H](OC(C)=O)[C@@H](OC(C)=O)[C@@H]1OC(C)=O. The first-order chi connectivity index (χ1) is 29.2. The highest BCUT2D eigenvalue weighted by molar-refractivity contribution is 8.08. The van der Waals surface area contributed by atoms with E-state index in [4.69, 9.17) is 59.3 Å². The number of aliphatic hydroxyl groups excluding tert-OH is 2. The van der Waals surface area contributed by atoms with Gasteiger partial charge in [-0.05, 0) is 18.2 Å². The number of halogens is 1. The average Bonchev–Trinajstić information content (AvgIpc) is 3.73. The summed E-state index contributed by atoms with van der Waals surface area (Å²) in [5.74, 6) is -3.95. The minimum absolute atomic E-state index is 0.0275. The molecule has 0 spiro atoms. The Morgan fingerprint density at radius 2 is 1.48 bits per heavy atom. The van der Waals surface area contributed by atoms with Crippen LogP contribution < -0.4 is 5.73 Å². The van der Waals surface area contributed by atoms with Crippen molar-refractivity contribution in [1.82, 2.24) is 19.5 Å². The zero-order chi connectivity index (χ0) is 45.8. The van der Waals surface area contributed by atoms with Crippen molar-refractivity contribution in [2.24, 2.45) is 0 Å². The van der Waals surface area contributed by atoms with E-state index in [-0.39, 0.29) is 23.4 Å². The van der Waals surface area contributed by atoms with E-state index in [1.54, 1.807) is 0 Å². The molecule has 2 fully saturated rings. The Morgan fingerprint density at radius 3 is 2.11 bits per heavy atom. The fraction of sp³-hybridized carbons (Fsp3) is 0.743. The van der Waals surface area contributed by atoms with Gasteiger partial charge in [0.25, 0.3) is 0 Å². The van der Waals surface area contributed by atoms with E-state index in [1.165, 1.54) is 23.7 Å². The van der Waals surface area contributed by atoms with Crippen LogP contribution in [0.2, 0.25) is 0 Å². The van der Waals surface area contributed by atoms with Gasteiger partial charge in [-0.25, -0.2) is 28.2 Å². The minimum Gasteiger partial charge on any atom is -0.462 e. The molecule has 0 saturated carbocycles. The second-order valence-electron chi connectivity index (χ2n) is 14.5. The number of rotatable bonds is 24. The summed E-state index contributed by atoms with van der Waals surface area (Å²) in [5.41, 5.74) is 6.13. The molecule has 27 heteroatoms. The number of unbranched alkanes of at least 4 members (excludes halogenated alkanes) is 8. The summed E-state index contributed by atoms with van der Waals surface area (Å²) >= 11 is 4.89. The maximum Gasteiger partial charge on any atom is 0.481 e. The standard InChI is InChI=1S/C35H54FN5O18P2S/c1-5-6-7-8-9-10-11-12-13-14-24(45)51-15-22(36)28-29(53-19(2)42)30(54-20(3)43)31(55-21(4)44)35(57-28)58-60(48,49)59-61(50,62)52-16-23-26(46)27(47)34(56-23)41-18-40-25-32(37)38-17-39-33(25)41/h17-18,22-23,26-31,34-35,46-47H,5-16H2,1-4H3,(H,48,49)(H,50,62)(H2,37,38,39)/t22-,23+,26+,27+,28+,29+,30-,31-,34+,35-,61?/m0/s1. The number of nitrogens with zero attached hydrogens (tertiary/aromatic N) is 4. The third-order valence-corrected chi connectivity index (χ3v) is 13.0. The van der Waals surface area contributed by atoms with Gasteiger partial charge in [-0.3, -0.25) is 28.3 Å². The Morgan fingerprint density at radius 1 is 0.887 bits per heavy atom. The summed E-state index contributed by atoms with van der Waals surface area (Å²) in [6, 6.07) is 0. The molecular weight excluding hydrogens is 891 g/mol. The molecule has 62 heavy (non-hydrogen) atoms. The van der Waals surface area contributed by atoms with Crippen molar-refractivity contribution in [3.8, 4) is 0 Å². The molecule has 4 heterocycles. The van der Waals surface area contributed by atoms with Gasteiger partial charge in [0.2, 0.25) is 6.29 Å². The van der Waals surface area contributed by atoms with Crippen molar-refractivity contribution < 1.29 is 89.9 Å². The summed E-state index contributed by atoms with van der Waals surface area (Å²) in [6.45, 7) is -1.86. The summed E-state index contributed by atoms with van der Waals surface area (Å²) in [7, 11) is -5.75. The van der Waals surface area contributed by atoms with Crippen LogP contribution in [0.5, 0.6) is 0 Å². The zero-order valence-corrected chi connectivity index (χ0v) is 37.1. The lowest BCUT2D eigenvalue weighted by atomic mass is 9.95. The molecule has 2 aliphatic rings. The number of aliphatic hydroxyl groups is 2. The average molecular weight is 946 g/mol. The molecule has 2 saturated heterocycles. The third-order valence-electron chi connectivity index (χ3n) is 9.53. The quantitative estimate of drug-likeness (QED) is 0.0437. The van der Waals surface area contributed by atoms with E-state index in [1.807, 2.05) is 0 Å². The Kier molecular flexibility index (Phi) is 19.5. The van der Waals surface area contributed by atoms with Gasteiger partial charge in [0.1, 0.15) is 42.9 Å². The van der Waals surface area contributed by atoms with Gasteiger partial charge in [-0.2, -0.15) is 0 Å². The van der Waals surface area contributed by atoms with E-state index < -0.39 is 113 Å². The maximum absolute atomic E-state index is 16.1. The second-order valence-corrected chi connectivity index (χ2v) is 18.9. The number of esters is 4. The van der Waals surface area contributed by atoms with E-state index in [9.17, 15) is 43.7 Å². The molecule has 2 unspecified atom stereocenters. The summed E-state index contributed by atoms with van der Waals surface area (Å²) in [5, 5.41) is 21.4. The fourth-order valence-electron chi connectivity index (χ4n) is 6.72. The number of fused-ring (bicyclic) bond motifs is 1. The van der Waals surface area contributed by atoms with Crippen LogP contribution in [-0.2, 0) is 77.3 Å². The number of carbonyl (C=O) groups is 4. The lowest BCUT2D eigenvalue weighted by molar-refractivity contribution is -0.296. The van der Waals surface area contributed by atoms with Gasteiger partial charge in [0.15, 0.2) is 42.2 Å². The van der Waals surface area contributed by atoms with Crippen LogP contribution in [0.4, 0.5) is 10.2 Å². The number of nitrogens with two attached hydrogens (primary N) is 1. The van der Waals surface area contributed by atoms with Gasteiger partial charge in [0.05, 0.1) is 12.9 Å². The van der Waals surface area contributed by atoms with E-state index in [0.717, 1.165) is 65.6 Å². The van der Waals surface area contributed by atoms with Crippen LogP contribution in [0.1, 0.15) is 98.1 Å². The number of ether oxygens (including phenoxy) is 6. The molecule has 2 aliphatic heterocycles. The fourth-order valence-corrected chi connectivity index (χ4v) is 9.82. The molecule has 0 aliphatic carbocycles. The number of anilines is 1. The van der Waals surface area contributed by atoms with Crippen LogP contribution >= 0.6 is 14.5 Å². The van der Waals surface area contributed by atoms with Gasteiger partial charge in [-0.15, -0.1) is 0 Å². The van der Waals surface area contributed by atoms with Crippen molar-refractivity contribution in [3.05, 3.63) is 12.7 Å². The monoisotopic (exact) mass is 945 g/mol. The van der Waals surface area contributed by atoms with Gasteiger partial charge in [0, 0.05) is 27.2 Å². The van der Waals surface area contributed by atoms with Crippen LogP contribution in [-0.4, -0.2) is 132 Å². The van der Waals surface area contributed by atoms with E-state index >= 15 is 4.39 Å². The van der Waals surface area contributed by atoms with Gasteiger partial charge < -0.3 is 58.7 Å². The largest absolute Gasteiger partial charge is 0.481 e. The first kappa shape index (κ1) is 51.3. The lowest BCUT2D eigenvalue weighted by Crippen LogP contribution is -2.64. The van der Waals surface area contributed by atoms with E-state index in [2.05, 4.69) is 21.9 Å². The normalized spacial score (nSPS) is 27.5. The first-order valence-electron chi connectivity index (χ1n) is 19.8.